The highest BCUT2D eigenvalue weighted by Gasteiger charge is 2.24. The molecule has 1 amide bonds. The first kappa shape index (κ1) is 15.1. The second-order valence-electron chi connectivity index (χ2n) is 6.07. The van der Waals surface area contributed by atoms with Gasteiger partial charge in [-0.15, -0.1) is 16.4 Å². The van der Waals surface area contributed by atoms with E-state index in [2.05, 4.69) is 27.0 Å². The Kier molecular flexibility index (Phi) is 4.35. The molecule has 2 aliphatic rings. The molecule has 1 aliphatic carbocycles. The maximum atomic E-state index is 12.5. The summed E-state index contributed by atoms with van der Waals surface area (Å²) in [5, 5.41) is 14.9. The third-order valence-corrected chi connectivity index (χ3v) is 6.56. The minimum atomic E-state index is 0.174. The number of fused-ring (bicyclic) bond motifs is 1. The Morgan fingerprint density at radius 3 is 3.13 bits per heavy atom. The van der Waals surface area contributed by atoms with Crippen LogP contribution in [0.15, 0.2) is 16.6 Å². The Morgan fingerprint density at radius 1 is 1.39 bits per heavy atom. The Morgan fingerprint density at radius 2 is 2.26 bits per heavy atom. The molecule has 3 heterocycles. The van der Waals surface area contributed by atoms with Crippen LogP contribution in [-0.4, -0.2) is 43.3 Å². The average molecular weight is 349 g/mol. The van der Waals surface area contributed by atoms with Crippen LogP contribution in [0.1, 0.15) is 42.2 Å². The van der Waals surface area contributed by atoms with Crippen molar-refractivity contribution in [3.05, 3.63) is 21.9 Å². The largest absolute Gasteiger partial charge is 0.337 e. The minimum Gasteiger partial charge on any atom is -0.337 e. The number of carbonyl (C=O) groups is 1. The SMILES string of the molecule is O=C(CSc1nnnn1C1CCCC1)N1CCc2sccc2C1. The highest BCUT2D eigenvalue weighted by molar-refractivity contribution is 7.99. The van der Waals surface area contributed by atoms with Gasteiger partial charge in [0, 0.05) is 18.0 Å². The van der Waals surface area contributed by atoms with E-state index in [4.69, 9.17) is 0 Å². The molecule has 2 aromatic rings. The summed E-state index contributed by atoms with van der Waals surface area (Å²) >= 11 is 3.26. The van der Waals surface area contributed by atoms with E-state index in [1.807, 2.05) is 9.58 Å². The van der Waals surface area contributed by atoms with E-state index in [-0.39, 0.29) is 5.91 Å². The summed E-state index contributed by atoms with van der Waals surface area (Å²) in [7, 11) is 0. The van der Waals surface area contributed by atoms with Gasteiger partial charge in [-0.25, -0.2) is 4.68 Å². The van der Waals surface area contributed by atoms with Gasteiger partial charge in [-0.1, -0.05) is 24.6 Å². The molecule has 0 saturated heterocycles. The Labute approximate surface area is 143 Å². The normalized spacial score (nSPS) is 18.3. The van der Waals surface area contributed by atoms with E-state index in [1.165, 1.54) is 35.0 Å². The number of aromatic nitrogens is 4. The van der Waals surface area contributed by atoms with Gasteiger partial charge >= 0.3 is 0 Å². The van der Waals surface area contributed by atoms with E-state index in [0.29, 0.717) is 11.8 Å². The standard InChI is InChI=1S/C15H19N5OS2/c21-14(19-7-5-13-11(9-19)6-8-22-13)10-23-15-16-17-18-20(15)12-3-1-2-4-12/h6,8,12H,1-5,7,9-10H2. The van der Waals surface area contributed by atoms with Gasteiger partial charge in [-0.2, -0.15) is 0 Å². The first-order valence-corrected chi connectivity index (χ1v) is 9.91. The summed E-state index contributed by atoms with van der Waals surface area (Å²) in [6.45, 7) is 1.56. The van der Waals surface area contributed by atoms with Gasteiger partial charge in [0.25, 0.3) is 0 Å². The molecule has 2 aromatic heterocycles. The van der Waals surface area contributed by atoms with Crippen LogP contribution in [0, 0.1) is 0 Å². The van der Waals surface area contributed by atoms with Crippen LogP contribution in [0.2, 0.25) is 0 Å². The number of tetrazole rings is 1. The second kappa shape index (κ2) is 6.60. The Balaban J connectivity index is 1.36. The summed E-state index contributed by atoms with van der Waals surface area (Å²) < 4.78 is 1.91. The fourth-order valence-corrected chi connectivity index (χ4v) is 5.07. The smallest absolute Gasteiger partial charge is 0.233 e. The van der Waals surface area contributed by atoms with Crippen molar-refractivity contribution >= 4 is 29.0 Å². The summed E-state index contributed by atoms with van der Waals surface area (Å²) in [5.41, 5.74) is 1.30. The third-order valence-electron chi connectivity index (χ3n) is 4.62. The molecule has 1 fully saturated rings. The van der Waals surface area contributed by atoms with Crippen molar-refractivity contribution < 1.29 is 4.79 Å². The molecule has 6 nitrogen and oxygen atoms in total. The van der Waals surface area contributed by atoms with Gasteiger partial charge in [-0.3, -0.25) is 4.79 Å². The van der Waals surface area contributed by atoms with Crippen LogP contribution >= 0.6 is 23.1 Å². The number of rotatable bonds is 4. The predicted octanol–water partition coefficient (Wildman–Crippen LogP) is 2.53. The number of thioether (sulfide) groups is 1. The average Bonchev–Trinajstić information content (AvgIpc) is 3.31. The second-order valence-corrected chi connectivity index (χ2v) is 8.01. The molecule has 0 aromatic carbocycles. The summed E-state index contributed by atoms with van der Waals surface area (Å²) in [5.74, 6) is 0.583. The van der Waals surface area contributed by atoms with Gasteiger partial charge in [0.1, 0.15) is 0 Å². The lowest BCUT2D eigenvalue weighted by atomic mass is 10.1. The van der Waals surface area contributed by atoms with Crippen LogP contribution in [0.3, 0.4) is 0 Å². The monoisotopic (exact) mass is 349 g/mol. The van der Waals surface area contributed by atoms with Crippen molar-refractivity contribution in [3.8, 4) is 0 Å². The van der Waals surface area contributed by atoms with Crippen LogP contribution in [-0.2, 0) is 17.8 Å². The highest BCUT2D eigenvalue weighted by atomic mass is 32.2. The van der Waals surface area contributed by atoms with Crippen LogP contribution in [0.4, 0.5) is 0 Å². The molecular weight excluding hydrogens is 330 g/mol. The zero-order valence-corrected chi connectivity index (χ0v) is 14.5. The Bertz CT molecular complexity index is 692. The van der Waals surface area contributed by atoms with Crippen molar-refractivity contribution in [3.63, 3.8) is 0 Å². The van der Waals surface area contributed by atoms with Crippen molar-refractivity contribution in [2.24, 2.45) is 0 Å². The van der Waals surface area contributed by atoms with Gasteiger partial charge in [0.15, 0.2) is 0 Å². The molecule has 0 radical (unpaired) electrons. The molecule has 1 aliphatic heterocycles. The molecule has 8 heteroatoms. The lowest BCUT2D eigenvalue weighted by Crippen LogP contribution is -2.36. The number of nitrogens with zero attached hydrogens (tertiary/aromatic N) is 5. The van der Waals surface area contributed by atoms with Crippen molar-refractivity contribution in [1.82, 2.24) is 25.1 Å². The van der Waals surface area contributed by atoms with Crippen molar-refractivity contribution in [2.75, 3.05) is 12.3 Å². The molecule has 0 atom stereocenters. The molecule has 0 spiro atoms. The summed E-state index contributed by atoms with van der Waals surface area (Å²) in [6, 6.07) is 2.54. The van der Waals surface area contributed by atoms with E-state index >= 15 is 0 Å². The first-order valence-electron chi connectivity index (χ1n) is 8.05. The van der Waals surface area contributed by atoms with E-state index in [1.54, 1.807) is 11.3 Å². The number of hydrogen-bond donors (Lipinski definition) is 0. The van der Waals surface area contributed by atoms with Gasteiger partial charge in [-0.05, 0) is 46.7 Å². The van der Waals surface area contributed by atoms with Gasteiger partial charge in [0.2, 0.25) is 11.1 Å². The number of hydrogen-bond acceptors (Lipinski definition) is 6. The zero-order valence-electron chi connectivity index (χ0n) is 12.8. The van der Waals surface area contributed by atoms with Crippen LogP contribution in [0.25, 0.3) is 0 Å². The fraction of sp³-hybridized carbons (Fsp3) is 0.600. The lowest BCUT2D eigenvalue weighted by molar-refractivity contribution is -0.129. The third kappa shape index (κ3) is 3.14. The van der Waals surface area contributed by atoms with E-state index < -0.39 is 0 Å². The fourth-order valence-electron chi connectivity index (χ4n) is 3.34. The molecule has 4 rings (SSSR count). The quantitative estimate of drug-likeness (QED) is 0.794. The summed E-state index contributed by atoms with van der Waals surface area (Å²) in [6.07, 6.45) is 5.73. The van der Waals surface area contributed by atoms with Gasteiger partial charge < -0.3 is 4.90 Å². The first-order chi connectivity index (χ1) is 11.3. The number of carbonyl (C=O) groups excluding carboxylic acids is 1. The molecule has 23 heavy (non-hydrogen) atoms. The van der Waals surface area contributed by atoms with Gasteiger partial charge in [0.05, 0.1) is 11.8 Å². The van der Waals surface area contributed by atoms with E-state index in [9.17, 15) is 4.79 Å². The molecule has 1 saturated carbocycles. The van der Waals surface area contributed by atoms with Crippen LogP contribution < -0.4 is 0 Å². The lowest BCUT2D eigenvalue weighted by Gasteiger charge is -2.26. The number of thiophene rings is 1. The minimum absolute atomic E-state index is 0.174. The maximum absolute atomic E-state index is 12.5. The van der Waals surface area contributed by atoms with Crippen molar-refractivity contribution in [1.29, 1.82) is 0 Å². The predicted molar refractivity (Wildman–Crippen MR) is 89.5 cm³/mol. The van der Waals surface area contributed by atoms with Crippen molar-refractivity contribution in [2.45, 2.75) is 49.8 Å². The molecule has 0 N–H and O–H groups in total. The van der Waals surface area contributed by atoms with E-state index in [0.717, 1.165) is 37.5 Å². The zero-order chi connectivity index (χ0) is 15.6. The maximum Gasteiger partial charge on any atom is 0.233 e. The molecule has 122 valence electrons. The topological polar surface area (TPSA) is 63.9 Å². The molecule has 0 unspecified atom stereocenters. The summed E-state index contributed by atoms with van der Waals surface area (Å²) in [4.78, 5) is 15.9. The number of amides is 1. The Hall–Kier alpha value is -1.41. The van der Waals surface area contributed by atoms with Crippen LogP contribution in [0.5, 0.6) is 0 Å². The molecular formula is C15H19N5OS2. The molecule has 0 bridgehead atoms. The highest BCUT2D eigenvalue weighted by Crippen LogP contribution is 2.31.